The van der Waals surface area contributed by atoms with Gasteiger partial charge in [-0.15, -0.1) is 11.3 Å². The van der Waals surface area contributed by atoms with E-state index in [4.69, 9.17) is 4.42 Å². The lowest BCUT2D eigenvalue weighted by atomic mass is 10.3. The van der Waals surface area contributed by atoms with Crippen molar-refractivity contribution < 1.29 is 17.2 Å². The number of thiophene rings is 1. The van der Waals surface area contributed by atoms with Gasteiger partial charge in [0, 0.05) is 4.88 Å². The van der Waals surface area contributed by atoms with Gasteiger partial charge in [0.1, 0.15) is 15.8 Å². The van der Waals surface area contributed by atoms with Crippen LogP contribution in [0.4, 0.5) is 10.1 Å². The molecule has 2 heterocycles. The van der Waals surface area contributed by atoms with Gasteiger partial charge in [-0.25, -0.2) is 12.8 Å². The van der Waals surface area contributed by atoms with Gasteiger partial charge in [0.2, 0.25) is 0 Å². The van der Waals surface area contributed by atoms with Crippen LogP contribution >= 0.6 is 11.3 Å². The third-order valence-corrected chi connectivity index (χ3v) is 6.98. The van der Waals surface area contributed by atoms with Crippen molar-refractivity contribution in [2.75, 3.05) is 4.31 Å². The van der Waals surface area contributed by atoms with Gasteiger partial charge in [0.25, 0.3) is 10.0 Å². The maximum atomic E-state index is 13.6. The summed E-state index contributed by atoms with van der Waals surface area (Å²) < 4.78 is 46.4. The molecule has 2 aromatic heterocycles. The minimum atomic E-state index is -3.81. The van der Waals surface area contributed by atoms with Crippen LogP contribution < -0.4 is 4.31 Å². The number of sulfonamides is 1. The van der Waals surface area contributed by atoms with E-state index in [0.29, 0.717) is 5.76 Å². The van der Waals surface area contributed by atoms with Crippen molar-refractivity contribution in [2.24, 2.45) is 0 Å². The Morgan fingerprint density at radius 3 is 2.62 bits per heavy atom. The van der Waals surface area contributed by atoms with Crippen molar-refractivity contribution in [3.8, 4) is 0 Å². The van der Waals surface area contributed by atoms with Gasteiger partial charge in [-0.3, -0.25) is 4.31 Å². The number of halogens is 1. The maximum absolute atomic E-state index is 13.6. The van der Waals surface area contributed by atoms with Gasteiger partial charge < -0.3 is 4.42 Å². The molecule has 0 fully saturated rings. The molecule has 0 bridgehead atoms. The molecular weight excluding hydrogens is 349 g/mol. The summed E-state index contributed by atoms with van der Waals surface area (Å²) in [6.07, 6.45) is 2.24. The van der Waals surface area contributed by atoms with Crippen LogP contribution in [0.15, 0.2) is 63.4 Å². The third-order valence-electron chi connectivity index (χ3n) is 3.51. The topological polar surface area (TPSA) is 50.5 Å². The minimum absolute atomic E-state index is 0.00184. The van der Waals surface area contributed by atoms with Crippen molar-refractivity contribution >= 4 is 27.0 Å². The Morgan fingerprint density at radius 1 is 1.17 bits per heavy atom. The summed E-state index contributed by atoms with van der Waals surface area (Å²) in [6, 6.07) is 12.3. The quantitative estimate of drug-likeness (QED) is 0.649. The number of benzene rings is 1. The van der Waals surface area contributed by atoms with Crippen LogP contribution in [0.2, 0.25) is 0 Å². The van der Waals surface area contributed by atoms with Gasteiger partial charge in [-0.05, 0) is 48.9 Å². The van der Waals surface area contributed by atoms with Crippen molar-refractivity contribution in [1.82, 2.24) is 0 Å². The van der Waals surface area contributed by atoms with E-state index >= 15 is 0 Å². The summed E-state index contributed by atoms with van der Waals surface area (Å²) in [5.41, 5.74) is 0.262. The Balaban J connectivity index is 2.06. The van der Waals surface area contributed by atoms with E-state index in [1.165, 1.54) is 40.1 Å². The molecule has 1 aromatic carbocycles. The SMILES string of the molecule is CCc1ccc(S(=O)(=O)N(Cc2ccco2)c2cccc(F)c2)s1. The van der Waals surface area contributed by atoms with Crippen molar-refractivity contribution in [3.05, 3.63) is 71.2 Å². The van der Waals surface area contributed by atoms with Gasteiger partial charge in [-0.2, -0.15) is 0 Å². The fourth-order valence-corrected chi connectivity index (χ4v) is 5.12. The van der Waals surface area contributed by atoms with E-state index < -0.39 is 15.8 Å². The lowest BCUT2D eigenvalue weighted by molar-refractivity contribution is 0.508. The molecule has 0 atom stereocenters. The predicted octanol–water partition coefficient (Wildman–Crippen LogP) is 4.44. The van der Waals surface area contributed by atoms with Crippen LogP contribution in [0.5, 0.6) is 0 Å². The van der Waals surface area contributed by atoms with E-state index in [0.717, 1.165) is 11.3 Å². The Morgan fingerprint density at radius 2 is 2.00 bits per heavy atom. The second-order valence-electron chi connectivity index (χ2n) is 5.15. The van der Waals surface area contributed by atoms with Crippen LogP contribution in [0.3, 0.4) is 0 Å². The Bertz CT molecular complexity index is 917. The van der Waals surface area contributed by atoms with Gasteiger partial charge in [0.05, 0.1) is 18.5 Å². The Hall–Kier alpha value is -2.12. The molecule has 0 unspecified atom stereocenters. The zero-order valence-electron chi connectivity index (χ0n) is 13.0. The third kappa shape index (κ3) is 3.37. The maximum Gasteiger partial charge on any atom is 0.274 e. The number of hydrogen-bond acceptors (Lipinski definition) is 4. The van der Waals surface area contributed by atoms with E-state index in [1.807, 2.05) is 6.92 Å². The van der Waals surface area contributed by atoms with Crippen LogP contribution in [0, 0.1) is 5.82 Å². The molecule has 0 aliphatic carbocycles. The number of hydrogen-bond donors (Lipinski definition) is 0. The predicted molar refractivity (Wildman–Crippen MR) is 92.2 cm³/mol. The second-order valence-corrected chi connectivity index (χ2v) is 8.40. The summed E-state index contributed by atoms with van der Waals surface area (Å²) in [5.74, 6) is -0.0114. The van der Waals surface area contributed by atoms with E-state index in [1.54, 1.807) is 30.3 Å². The summed E-state index contributed by atoms with van der Waals surface area (Å²) in [6.45, 7) is 1.97. The number of rotatable bonds is 6. The number of nitrogens with zero attached hydrogens (tertiary/aromatic N) is 1. The van der Waals surface area contributed by atoms with Crippen molar-refractivity contribution in [1.29, 1.82) is 0 Å². The number of anilines is 1. The Kier molecular flexibility index (Phi) is 4.73. The highest BCUT2D eigenvalue weighted by Gasteiger charge is 2.27. The molecule has 24 heavy (non-hydrogen) atoms. The molecule has 4 nitrogen and oxygen atoms in total. The first-order valence-electron chi connectivity index (χ1n) is 7.40. The van der Waals surface area contributed by atoms with Crippen molar-refractivity contribution in [2.45, 2.75) is 24.1 Å². The zero-order valence-corrected chi connectivity index (χ0v) is 14.6. The first kappa shape index (κ1) is 16.7. The summed E-state index contributed by atoms with van der Waals surface area (Å²) in [4.78, 5) is 0.978. The molecule has 3 aromatic rings. The van der Waals surface area contributed by atoms with E-state index in [-0.39, 0.29) is 16.4 Å². The second kappa shape index (κ2) is 6.78. The summed E-state index contributed by atoms with van der Waals surface area (Å²) >= 11 is 1.23. The molecule has 126 valence electrons. The summed E-state index contributed by atoms with van der Waals surface area (Å²) in [7, 11) is -3.81. The fraction of sp³-hybridized carbons (Fsp3) is 0.176. The summed E-state index contributed by atoms with van der Waals surface area (Å²) in [5, 5.41) is 0. The highest BCUT2D eigenvalue weighted by atomic mass is 32.2. The highest BCUT2D eigenvalue weighted by Crippen LogP contribution is 2.30. The molecule has 0 amide bonds. The first-order valence-corrected chi connectivity index (χ1v) is 9.66. The number of furan rings is 1. The smallest absolute Gasteiger partial charge is 0.274 e. The van der Waals surface area contributed by atoms with Crippen molar-refractivity contribution in [3.63, 3.8) is 0 Å². The van der Waals surface area contributed by atoms with Gasteiger partial charge in [0.15, 0.2) is 0 Å². The zero-order chi connectivity index (χ0) is 17.2. The molecule has 0 aliphatic heterocycles. The normalized spacial score (nSPS) is 11.6. The molecule has 0 saturated heterocycles. The van der Waals surface area contributed by atoms with Crippen LogP contribution in [-0.4, -0.2) is 8.42 Å². The Labute approximate surface area is 144 Å². The molecular formula is C17H16FNO3S2. The monoisotopic (exact) mass is 365 g/mol. The highest BCUT2D eigenvalue weighted by molar-refractivity contribution is 7.94. The average molecular weight is 365 g/mol. The lowest BCUT2D eigenvalue weighted by Gasteiger charge is -2.22. The first-order chi connectivity index (χ1) is 11.5. The molecule has 3 rings (SSSR count). The van der Waals surface area contributed by atoms with Crippen LogP contribution in [-0.2, 0) is 23.0 Å². The fourth-order valence-electron chi connectivity index (χ4n) is 2.29. The van der Waals surface area contributed by atoms with E-state index in [2.05, 4.69) is 0 Å². The molecule has 0 spiro atoms. The molecule has 0 aliphatic rings. The largest absolute Gasteiger partial charge is 0.467 e. The lowest BCUT2D eigenvalue weighted by Crippen LogP contribution is -2.30. The number of aryl methyl sites for hydroxylation is 1. The molecule has 0 saturated carbocycles. The van der Waals surface area contributed by atoms with Crippen LogP contribution in [0.25, 0.3) is 0 Å². The molecule has 0 N–H and O–H groups in total. The van der Waals surface area contributed by atoms with Crippen LogP contribution in [0.1, 0.15) is 17.6 Å². The molecule has 7 heteroatoms. The van der Waals surface area contributed by atoms with Gasteiger partial charge >= 0.3 is 0 Å². The standard InChI is InChI=1S/C17H16FNO3S2/c1-2-16-8-9-17(23-16)24(20,21)19(12-15-7-4-10-22-15)14-6-3-5-13(18)11-14/h3-11H,2,12H2,1H3. The minimum Gasteiger partial charge on any atom is -0.467 e. The van der Waals surface area contributed by atoms with E-state index in [9.17, 15) is 12.8 Å². The average Bonchev–Trinajstić information content (AvgIpc) is 3.24. The van der Waals surface area contributed by atoms with Gasteiger partial charge in [-0.1, -0.05) is 13.0 Å². The molecule has 0 radical (unpaired) electrons.